The predicted octanol–water partition coefficient (Wildman–Crippen LogP) is 1.89. The van der Waals surface area contributed by atoms with E-state index in [-0.39, 0.29) is 5.91 Å². The lowest BCUT2D eigenvalue weighted by molar-refractivity contribution is 0.0951. The first kappa shape index (κ1) is 11.4. The first-order valence-corrected chi connectivity index (χ1v) is 5.94. The topological polar surface area (TPSA) is 70.7 Å². The van der Waals surface area contributed by atoms with Crippen LogP contribution in [-0.4, -0.2) is 21.1 Å². The number of carbonyl (C=O) groups excluding carboxylic acids is 1. The average Bonchev–Trinajstić information content (AvgIpc) is 2.99. The van der Waals surface area contributed by atoms with Crippen molar-refractivity contribution in [3.05, 3.63) is 60.0 Å². The number of benzene rings is 1. The fourth-order valence-corrected chi connectivity index (χ4v) is 1.96. The first-order chi connectivity index (χ1) is 9.34. The fraction of sp³-hybridized carbons (Fsp3) is 0.0714. The number of hydrogen-bond donors (Lipinski definition) is 2. The van der Waals surface area contributed by atoms with Gasteiger partial charge in [-0.2, -0.15) is 5.10 Å². The van der Waals surface area contributed by atoms with Gasteiger partial charge in [0, 0.05) is 24.3 Å². The molecule has 0 fully saturated rings. The molecule has 0 saturated carbocycles. The van der Waals surface area contributed by atoms with Gasteiger partial charge in [-0.15, -0.1) is 0 Å². The van der Waals surface area contributed by atoms with Crippen molar-refractivity contribution in [2.24, 2.45) is 0 Å². The maximum absolute atomic E-state index is 11.8. The second-order valence-corrected chi connectivity index (χ2v) is 4.16. The van der Waals surface area contributed by atoms with Crippen LogP contribution in [0.25, 0.3) is 10.9 Å². The molecule has 0 saturated heterocycles. The maximum Gasteiger partial charge on any atom is 0.254 e. The number of carbonyl (C=O) groups is 1. The van der Waals surface area contributed by atoms with Crippen molar-refractivity contribution in [3.8, 4) is 0 Å². The van der Waals surface area contributed by atoms with Gasteiger partial charge in [0.15, 0.2) is 0 Å². The van der Waals surface area contributed by atoms with Crippen molar-refractivity contribution in [1.29, 1.82) is 0 Å². The van der Waals surface area contributed by atoms with Crippen LogP contribution < -0.4 is 5.32 Å². The van der Waals surface area contributed by atoms with E-state index in [0.29, 0.717) is 12.1 Å². The van der Waals surface area contributed by atoms with Crippen LogP contribution in [0.3, 0.4) is 0 Å². The van der Waals surface area contributed by atoms with E-state index in [1.807, 2.05) is 30.3 Å². The van der Waals surface area contributed by atoms with Crippen LogP contribution in [0.4, 0.5) is 0 Å². The molecule has 94 valence electrons. The number of nitrogens with zero attached hydrogens (tertiary/aromatic N) is 2. The molecule has 2 heterocycles. The van der Waals surface area contributed by atoms with E-state index in [1.165, 1.54) is 6.20 Å². The van der Waals surface area contributed by atoms with Crippen LogP contribution in [0.2, 0.25) is 0 Å². The minimum absolute atomic E-state index is 0.151. The van der Waals surface area contributed by atoms with Crippen molar-refractivity contribution in [1.82, 2.24) is 20.5 Å². The van der Waals surface area contributed by atoms with Crippen molar-refractivity contribution < 1.29 is 4.79 Å². The Morgan fingerprint density at radius 3 is 3.00 bits per heavy atom. The molecule has 1 aromatic carbocycles. The number of aromatic nitrogens is 3. The van der Waals surface area contributed by atoms with Gasteiger partial charge in [-0.1, -0.05) is 24.3 Å². The zero-order valence-electron chi connectivity index (χ0n) is 10.1. The number of rotatable bonds is 3. The number of aromatic amines is 1. The molecular weight excluding hydrogens is 240 g/mol. The Morgan fingerprint density at radius 1 is 1.26 bits per heavy atom. The van der Waals surface area contributed by atoms with E-state index < -0.39 is 0 Å². The number of fused-ring (bicyclic) bond motifs is 1. The summed E-state index contributed by atoms with van der Waals surface area (Å²) in [5.41, 5.74) is 2.43. The molecule has 0 aliphatic carbocycles. The van der Waals surface area contributed by atoms with E-state index in [0.717, 1.165) is 16.5 Å². The SMILES string of the molecule is O=C(NCc1cccc2cccnc12)c1cn[nH]c1. The lowest BCUT2D eigenvalue weighted by atomic mass is 10.1. The second-order valence-electron chi connectivity index (χ2n) is 4.16. The lowest BCUT2D eigenvalue weighted by Gasteiger charge is -2.06. The number of nitrogens with one attached hydrogen (secondary N) is 2. The Bertz CT molecular complexity index is 701. The van der Waals surface area contributed by atoms with Gasteiger partial charge in [0.2, 0.25) is 0 Å². The molecule has 2 aromatic heterocycles. The molecule has 0 atom stereocenters. The third-order valence-electron chi connectivity index (χ3n) is 2.92. The van der Waals surface area contributed by atoms with Crippen LogP contribution >= 0.6 is 0 Å². The molecule has 3 aromatic rings. The van der Waals surface area contributed by atoms with Gasteiger partial charge in [0.1, 0.15) is 0 Å². The van der Waals surface area contributed by atoms with Gasteiger partial charge in [-0.05, 0) is 11.6 Å². The summed E-state index contributed by atoms with van der Waals surface area (Å²) in [6.45, 7) is 0.443. The van der Waals surface area contributed by atoms with Gasteiger partial charge < -0.3 is 5.32 Å². The Morgan fingerprint density at radius 2 is 2.16 bits per heavy atom. The molecule has 0 aliphatic rings. The van der Waals surface area contributed by atoms with E-state index in [2.05, 4.69) is 20.5 Å². The smallest absolute Gasteiger partial charge is 0.254 e. The number of hydrogen-bond acceptors (Lipinski definition) is 3. The van der Waals surface area contributed by atoms with Crippen LogP contribution in [0, 0.1) is 0 Å². The minimum atomic E-state index is -0.151. The molecule has 19 heavy (non-hydrogen) atoms. The monoisotopic (exact) mass is 252 g/mol. The third-order valence-corrected chi connectivity index (χ3v) is 2.92. The van der Waals surface area contributed by atoms with E-state index in [1.54, 1.807) is 12.4 Å². The largest absolute Gasteiger partial charge is 0.348 e. The summed E-state index contributed by atoms with van der Waals surface area (Å²) in [4.78, 5) is 16.2. The van der Waals surface area contributed by atoms with Crippen LogP contribution in [-0.2, 0) is 6.54 Å². The molecule has 0 radical (unpaired) electrons. The van der Waals surface area contributed by atoms with Crippen LogP contribution in [0.5, 0.6) is 0 Å². The predicted molar refractivity (Wildman–Crippen MR) is 71.5 cm³/mol. The Balaban J connectivity index is 1.81. The van der Waals surface area contributed by atoms with Crippen molar-refractivity contribution in [2.45, 2.75) is 6.54 Å². The van der Waals surface area contributed by atoms with E-state index in [4.69, 9.17) is 0 Å². The van der Waals surface area contributed by atoms with Crippen molar-refractivity contribution in [2.75, 3.05) is 0 Å². The Kier molecular flexibility index (Phi) is 2.94. The van der Waals surface area contributed by atoms with Gasteiger partial charge in [0.05, 0.1) is 17.3 Å². The van der Waals surface area contributed by atoms with Crippen molar-refractivity contribution in [3.63, 3.8) is 0 Å². The number of amides is 1. The molecule has 0 aliphatic heterocycles. The van der Waals surface area contributed by atoms with Gasteiger partial charge >= 0.3 is 0 Å². The summed E-state index contributed by atoms with van der Waals surface area (Å²) >= 11 is 0. The second kappa shape index (κ2) is 4.89. The number of pyridine rings is 1. The van der Waals surface area contributed by atoms with Crippen molar-refractivity contribution >= 4 is 16.8 Å². The Labute approximate surface area is 109 Å². The molecule has 5 nitrogen and oxygen atoms in total. The molecule has 2 N–H and O–H groups in total. The summed E-state index contributed by atoms with van der Waals surface area (Å²) in [7, 11) is 0. The number of para-hydroxylation sites is 1. The minimum Gasteiger partial charge on any atom is -0.348 e. The normalized spacial score (nSPS) is 10.5. The molecular formula is C14H12N4O. The van der Waals surface area contributed by atoms with Gasteiger partial charge in [-0.25, -0.2) is 0 Å². The quantitative estimate of drug-likeness (QED) is 0.747. The fourth-order valence-electron chi connectivity index (χ4n) is 1.96. The Hall–Kier alpha value is -2.69. The molecule has 0 unspecified atom stereocenters. The summed E-state index contributed by atoms with van der Waals surface area (Å²) in [5.74, 6) is -0.151. The van der Waals surface area contributed by atoms with E-state index >= 15 is 0 Å². The summed E-state index contributed by atoms with van der Waals surface area (Å²) in [6.07, 6.45) is 4.82. The lowest BCUT2D eigenvalue weighted by Crippen LogP contribution is -2.22. The molecule has 1 amide bonds. The average molecular weight is 252 g/mol. The molecule has 5 heteroatoms. The van der Waals surface area contributed by atoms with Crippen LogP contribution in [0.1, 0.15) is 15.9 Å². The van der Waals surface area contributed by atoms with E-state index in [9.17, 15) is 4.79 Å². The molecule has 3 rings (SSSR count). The highest BCUT2D eigenvalue weighted by molar-refractivity contribution is 5.93. The standard InChI is InChI=1S/C14H12N4O/c19-14(12-8-17-18-9-12)16-7-11-4-1-3-10-5-2-6-15-13(10)11/h1-6,8-9H,7H2,(H,16,19)(H,17,18). The maximum atomic E-state index is 11.8. The third kappa shape index (κ3) is 2.30. The summed E-state index contributed by atoms with van der Waals surface area (Å²) in [6, 6.07) is 9.83. The van der Waals surface area contributed by atoms with Crippen LogP contribution in [0.15, 0.2) is 48.9 Å². The first-order valence-electron chi connectivity index (χ1n) is 5.94. The van der Waals surface area contributed by atoms with Gasteiger partial charge in [-0.3, -0.25) is 14.9 Å². The highest BCUT2D eigenvalue weighted by Crippen LogP contribution is 2.15. The van der Waals surface area contributed by atoms with Gasteiger partial charge in [0.25, 0.3) is 5.91 Å². The molecule has 0 spiro atoms. The number of H-pyrrole nitrogens is 1. The summed E-state index contributed by atoms with van der Waals surface area (Å²) < 4.78 is 0. The zero-order chi connectivity index (χ0) is 13.1. The molecule has 0 bridgehead atoms. The zero-order valence-corrected chi connectivity index (χ0v) is 10.1. The summed E-state index contributed by atoms with van der Waals surface area (Å²) in [5, 5.41) is 10.3. The highest BCUT2D eigenvalue weighted by atomic mass is 16.1. The highest BCUT2D eigenvalue weighted by Gasteiger charge is 2.07.